The maximum atomic E-state index is 12.8. The Morgan fingerprint density at radius 3 is 2.67 bits per heavy atom. The molecular weight excluding hydrogens is 288 g/mol. The number of rotatable bonds is 4. The van der Waals surface area contributed by atoms with Crippen molar-refractivity contribution < 1.29 is 23.6 Å². The average Bonchev–Trinajstić information content (AvgIpc) is 2.83. The van der Waals surface area contributed by atoms with E-state index in [1.807, 2.05) is 0 Å². The van der Waals surface area contributed by atoms with Gasteiger partial charge in [0.2, 0.25) is 5.69 Å². The minimum atomic E-state index is -3.01. The Morgan fingerprint density at radius 2 is 2.24 bits per heavy atom. The highest BCUT2D eigenvalue weighted by atomic mass is 19.3. The highest BCUT2D eigenvalue weighted by molar-refractivity contribution is 5.70. The van der Waals surface area contributed by atoms with Crippen LogP contribution in [-0.2, 0) is 4.79 Å². The van der Waals surface area contributed by atoms with Crippen molar-refractivity contribution in [2.75, 3.05) is 0 Å². The van der Waals surface area contributed by atoms with Crippen LogP contribution in [0.2, 0.25) is 0 Å². The number of halogens is 2. The number of carbonyl (C=O) groups is 1. The van der Waals surface area contributed by atoms with Gasteiger partial charge in [-0.15, -0.1) is 0 Å². The molecule has 3 atom stereocenters. The maximum Gasteiger partial charge on any atom is 0.316 e. The van der Waals surface area contributed by atoms with Crippen LogP contribution in [0.5, 0.6) is 0 Å². The Kier molecular flexibility index (Phi) is 4.19. The summed E-state index contributed by atoms with van der Waals surface area (Å²) in [5.41, 5.74) is -1.54. The molecule has 9 heteroatoms. The van der Waals surface area contributed by atoms with Gasteiger partial charge in [-0.05, 0) is 25.2 Å². The molecule has 0 bridgehead atoms. The number of carboxylic acid groups (broad SMARTS) is 1. The molecule has 1 aliphatic carbocycles. The lowest BCUT2D eigenvalue weighted by molar-refractivity contribution is -0.386. The number of alkyl halides is 2. The molecule has 1 saturated carbocycles. The minimum Gasteiger partial charge on any atom is -0.481 e. The number of hydrogen-bond acceptors (Lipinski definition) is 4. The summed E-state index contributed by atoms with van der Waals surface area (Å²) in [6.45, 7) is 1.77. The predicted octanol–water partition coefficient (Wildman–Crippen LogP) is 2.79. The molecule has 0 aromatic carbocycles. The zero-order valence-electron chi connectivity index (χ0n) is 11.3. The van der Waals surface area contributed by atoms with Crippen LogP contribution in [0.4, 0.5) is 14.5 Å². The van der Waals surface area contributed by atoms with Crippen molar-refractivity contribution in [3.63, 3.8) is 0 Å². The van der Waals surface area contributed by atoms with Crippen molar-refractivity contribution in [1.29, 1.82) is 0 Å². The summed E-state index contributed by atoms with van der Waals surface area (Å²) in [4.78, 5) is 20.9. The van der Waals surface area contributed by atoms with Crippen molar-refractivity contribution in [2.24, 2.45) is 11.8 Å². The second-order valence-electron chi connectivity index (χ2n) is 5.33. The monoisotopic (exact) mass is 303 g/mol. The van der Waals surface area contributed by atoms with Crippen LogP contribution in [0.1, 0.15) is 44.3 Å². The standard InChI is InChI=1S/C12H15F2N3O4/c1-6-4-7(2-3-8(6)12(18)19)16-5-9(17(20)21)10(15-16)11(13)14/h5-8,11H,2-4H2,1H3,(H,18,19). The zero-order valence-corrected chi connectivity index (χ0v) is 11.3. The zero-order chi connectivity index (χ0) is 15.7. The number of hydrogen-bond donors (Lipinski definition) is 1. The highest BCUT2D eigenvalue weighted by Gasteiger charge is 2.35. The van der Waals surface area contributed by atoms with Crippen molar-refractivity contribution in [3.05, 3.63) is 22.0 Å². The Labute approximate surface area is 118 Å². The molecule has 0 radical (unpaired) electrons. The summed E-state index contributed by atoms with van der Waals surface area (Å²) >= 11 is 0. The molecule has 3 unspecified atom stereocenters. The summed E-state index contributed by atoms with van der Waals surface area (Å²) in [6.07, 6.45) is -0.709. The number of carboxylic acids is 1. The minimum absolute atomic E-state index is 0.139. The van der Waals surface area contributed by atoms with Gasteiger partial charge in [0.05, 0.1) is 16.9 Å². The van der Waals surface area contributed by atoms with E-state index in [1.165, 1.54) is 4.68 Å². The molecule has 116 valence electrons. The molecule has 0 aliphatic heterocycles. The fourth-order valence-corrected chi connectivity index (χ4v) is 2.85. The van der Waals surface area contributed by atoms with Crippen LogP contribution >= 0.6 is 0 Å². The first-order valence-corrected chi connectivity index (χ1v) is 6.55. The van der Waals surface area contributed by atoms with E-state index in [1.54, 1.807) is 6.92 Å². The summed E-state index contributed by atoms with van der Waals surface area (Å²) in [6, 6.07) is -0.290. The van der Waals surface area contributed by atoms with E-state index >= 15 is 0 Å². The molecule has 1 N–H and O–H groups in total. The predicted molar refractivity (Wildman–Crippen MR) is 67.0 cm³/mol. The van der Waals surface area contributed by atoms with Gasteiger partial charge in [-0.3, -0.25) is 19.6 Å². The molecule has 2 rings (SSSR count). The summed E-state index contributed by atoms with van der Waals surface area (Å²) in [5, 5.41) is 23.5. The second-order valence-corrected chi connectivity index (χ2v) is 5.33. The van der Waals surface area contributed by atoms with Gasteiger partial charge in [0.15, 0.2) is 0 Å². The van der Waals surface area contributed by atoms with Gasteiger partial charge in [0.25, 0.3) is 6.43 Å². The molecule has 1 aliphatic rings. The van der Waals surface area contributed by atoms with Gasteiger partial charge >= 0.3 is 11.7 Å². The third-order valence-electron chi connectivity index (χ3n) is 3.98. The van der Waals surface area contributed by atoms with Crippen LogP contribution in [0.3, 0.4) is 0 Å². The Morgan fingerprint density at radius 1 is 1.57 bits per heavy atom. The molecular formula is C12H15F2N3O4. The number of aliphatic carboxylic acids is 1. The van der Waals surface area contributed by atoms with Crippen LogP contribution in [0.15, 0.2) is 6.20 Å². The van der Waals surface area contributed by atoms with Gasteiger partial charge in [-0.2, -0.15) is 5.10 Å². The van der Waals surface area contributed by atoms with Crippen LogP contribution in [0.25, 0.3) is 0 Å². The average molecular weight is 303 g/mol. The maximum absolute atomic E-state index is 12.8. The first-order valence-electron chi connectivity index (χ1n) is 6.55. The topological polar surface area (TPSA) is 98.3 Å². The quantitative estimate of drug-likeness (QED) is 0.681. The van der Waals surface area contributed by atoms with Crippen molar-refractivity contribution in [3.8, 4) is 0 Å². The normalized spacial score (nSPS) is 26.0. The molecule has 1 fully saturated rings. The molecule has 1 aromatic rings. The lowest BCUT2D eigenvalue weighted by Crippen LogP contribution is -2.30. The van der Waals surface area contributed by atoms with Crippen molar-refractivity contribution in [1.82, 2.24) is 9.78 Å². The Hall–Kier alpha value is -2.06. The van der Waals surface area contributed by atoms with E-state index in [9.17, 15) is 23.7 Å². The van der Waals surface area contributed by atoms with Crippen LogP contribution in [-0.4, -0.2) is 25.8 Å². The molecule has 0 saturated heterocycles. The molecule has 0 amide bonds. The molecule has 0 spiro atoms. The number of aromatic nitrogens is 2. The van der Waals surface area contributed by atoms with E-state index < -0.39 is 34.6 Å². The Balaban J connectivity index is 2.22. The lowest BCUT2D eigenvalue weighted by atomic mass is 9.78. The van der Waals surface area contributed by atoms with Crippen LogP contribution < -0.4 is 0 Å². The SMILES string of the molecule is CC1CC(n2cc([N+](=O)[O-])c(C(F)F)n2)CCC1C(=O)O. The molecule has 1 heterocycles. The number of nitrogens with zero attached hydrogens (tertiary/aromatic N) is 3. The van der Waals surface area contributed by atoms with E-state index in [4.69, 9.17) is 5.11 Å². The summed E-state index contributed by atoms with van der Waals surface area (Å²) in [5.74, 6) is -1.48. The highest BCUT2D eigenvalue weighted by Crippen LogP contribution is 2.38. The van der Waals surface area contributed by atoms with E-state index in [0.717, 1.165) is 6.20 Å². The molecule has 7 nitrogen and oxygen atoms in total. The summed E-state index contributed by atoms with van der Waals surface area (Å²) in [7, 11) is 0. The fraction of sp³-hybridized carbons (Fsp3) is 0.667. The van der Waals surface area contributed by atoms with Gasteiger partial charge in [0, 0.05) is 0 Å². The van der Waals surface area contributed by atoms with E-state index in [0.29, 0.717) is 19.3 Å². The third-order valence-corrected chi connectivity index (χ3v) is 3.98. The first kappa shape index (κ1) is 15.3. The molecule has 1 aromatic heterocycles. The van der Waals surface area contributed by atoms with E-state index in [2.05, 4.69) is 5.10 Å². The second kappa shape index (κ2) is 5.74. The fourth-order valence-electron chi connectivity index (χ4n) is 2.85. The van der Waals surface area contributed by atoms with Crippen LogP contribution in [0, 0.1) is 22.0 Å². The largest absolute Gasteiger partial charge is 0.481 e. The smallest absolute Gasteiger partial charge is 0.316 e. The lowest BCUT2D eigenvalue weighted by Gasteiger charge is -2.31. The van der Waals surface area contributed by atoms with Crippen molar-refractivity contribution >= 4 is 11.7 Å². The van der Waals surface area contributed by atoms with Gasteiger partial charge < -0.3 is 5.11 Å². The Bertz CT molecular complexity index is 561. The van der Waals surface area contributed by atoms with E-state index in [-0.39, 0.29) is 12.0 Å². The molecule has 21 heavy (non-hydrogen) atoms. The van der Waals surface area contributed by atoms with Gasteiger partial charge in [-0.25, -0.2) is 8.78 Å². The number of nitro groups is 1. The van der Waals surface area contributed by atoms with Gasteiger partial charge in [0.1, 0.15) is 6.20 Å². The van der Waals surface area contributed by atoms with Crippen molar-refractivity contribution in [2.45, 2.75) is 38.7 Å². The van der Waals surface area contributed by atoms with Gasteiger partial charge in [-0.1, -0.05) is 6.92 Å². The summed E-state index contributed by atoms with van der Waals surface area (Å²) < 4.78 is 26.7. The first-order chi connectivity index (χ1) is 9.81. The third kappa shape index (κ3) is 3.01.